The van der Waals surface area contributed by atoms with E-state index in [4.69, 9.17) is 14.2 Å². The first-order chi connectivity index (χ1) is 15.6. The number of hydrogen-bond donors (Lipinski definition) is 1. The number of methoxy groups -OCH3 is 3. The van der Waals surface area contributed by atoms with E-state index in [2.05, 4.69) is 14.9 Å². The van der Waals surface area contributed by atoms with Gasteiger partial charge in [-0.3, -0.25) is 4.79 Å². The molecule has 0 saturated heterocycles. The van der Waals surface area contributed by atoms with Gasteiger partial charge in [-0.1, -0.05) is 0 Å². The number of fused-ring (bicyclic) bond motifs is 1. The lowest BCUT2D eigenvalue weighted by Gasteiger charge is -2.08. The highest BCUT2D eigenvalue weighted by atomic mass is 32.1. The van der Waals surface area contributed by atoms with Crippen molar-refractivity contribution in [1.29, 1.82) is 0 Å². The number of ether oxygens (including phenoxy) is 3. The fraction of sp³-hybridized carbons (Fsp3) is 0.250. The fourth-order valence-corrected chi connectivity index (χ4v) is 4.34. The molecule has 1 amide bonds. The van der Waals surface area contributed by atoms with Crippen LogP contribution < -0.4 is 14.8 Å². The molecule has 0 saturated carbocycles. The molecule has 0 aliphatic carbocycles. The van der Waals surface area contributed by atoms with Crippen LogP contribution in [0.4, 0.5) is 5.69 Å². The molecular weight excluding hydrogens is 426 g/mol. The predicted molar refractivity (Wildman–Crippen MR) is 127 cm³/mol. The number of thiazole rings is 1. The van der Waals surface area contributed by atoms with Crippen molar-refractivity contribution in [2.24, 2.45) is 0 Å². The average molecular weight is 452 g/mol. The van der Waals surface area contributed by atoms with Gasteiger partial charge in [-0.2, -0.15) is 0 Å². The molecule has 0 unspecified atom stereocenters. The molecule has 32 heavy (non-hydrogen) atoms. The molecule has 4 rings (SSSR count). The SMILES string of the molecule is COCCn1ccc2cc(NC(=O)Cc3csc(-c4ccc(OC)c(OC)c4)n3)ccc21. The molecule has 0 bridgehead atoms. The van der Waals surface area contributed by atoms with Crippen LogP contribution in [0.2, 0.25) is 0 Å². The Morgan fingerprint density at radius 3 is 2.69 bits per heavy atom. The number of benzene rings is 2. The summed E-state index contributed by atoms with van der Waals surface area (Å²) in [6.45, 7) is 1.44. The van der Waals surface area contributed by atoms with Crippen molar-refractivity contribution >= 4 is 33.8 Å². The van der Waals surface area contributed by atoms with Crippen LogP contribution in [-0.4, -0.2) is 43.4 Å². The zero-order valence-electron chi connectivity index (χ0n) is 18.3. The van der Waals surface area contributed by atoms with Gasteiger partial charge in [0.1, 0.15) is 5.01 Å². The second kappa shape index (κ2) is 9.84. The molecule has 0 spiro atoms. The summed E-state index contributed by atoms with van der Waals surface area (Å²) in [6.07, 6.45) is 2.23. The van der Waals surface area contributed by atoms with Crippen LogP contribution in [-0.2, 0) is 22.5 Å². The van der Waals surface area contributed by atoms with Gasteiger partial charge in [-0.05, 0) is 42.5 Å². The van der Waals surface area contributed by atoms with Crippen LogP contribution >= 0.6 is 11.3 Å². The largest absolute Gasteiger partial charge is 0.493 e. The van der Waals surface area contributed by atoms with Crippen molar-refractivity contribution in [1.82, 2.24) is 9.55 Å². The number of carbonyl (C=O) groups excluding carboxylic acids is 1. The van der Waals surface area contributed by atoms with E-state index in [1.165, 1.54) is 11.3 Å². The first-order valence-corrected chi connectivity index (χ1v) is 11.0. The molecular formula is C24H25N3O4S. The summed E-state index contributed by atoms with van der Waals surface area (Å²) in [5, 5.41) is 6.78. The van der Waals surface area contributed by atoms with Crippen LogP contribution in [0.15, 0.2) is 54.0 Å². The third kappa shape index (κ3) is 4.76. The molecule has 7 nitrogen and oxygen atoms in total. The minimum absolute atomic E-state index is 0.104. The van der Waals surface area contributed by atoms with Gasteiger partial charge in [0.2, 0.25) is 5.91 Å². The number of rotatable bonds is 9. The van der Waals surface area contributed by atoms with E-state index in [0.29, 0.717) is 18.1 Å². The Morgan fingerprint density at radius 2 is 1.91 bits per heavy atom. The average Bonchev–Trinajstić information content (AvgIpc) is 3.43. The van der Waals surface area contributed by atoms with Gasteiger partial charge in [-0.15, -0.1) is 11.3 Å². The van der Waals surface area contributed by atoms with Crippen molar-refractivity contribution in [3.63, 3.8) is 0 Å². The van der Waals surface area contributed by atoms with E-state index in [1.807, 2.05) is 54.0 Å². The summed E-state index contributed by atoms with van der Waals surface area (Å²) in [7, 11) is 4.90. The minimum Gasteiger partial charge on any atom is -0.493 e. The van der Waals surface area contributed by atoms with Crippen LogP contribution in [0.1, 0.15) is 5.69 Å². The van der Waals surface area contributed by atoms with E-state index < -0.39 is 0 Å². The highest BCUT2D eigenvalue weighted by Crippen LogP contribution is 2.33. The summed E-state index contributed by atoms with van der Waals surface area (Å²) in [5.41, 5.74) is 3.52. The van der Waals surface area contributed by atoms with Gasteiger partial charge in [0.25, 0.3) is 0 Å². The molecule has 8 heteroatoms. The van der Waals surface area contributed by atoms with Crippen LogP contribution in [0.5, 0.6) is 11.5 Å². The summed E-state index contributed by atoms with van der Waals surface area (Å²) in [4.78, 5) is 17.2. The molecule has 1 N–H and O–H groups in total. The van der Waals surface area contributed by atoms with Gasteiger partial charge >= 0.3 is 0 Å². The maximum atomic E-state index is 12.6. The van der Waals surface area contributed by atoms with Crippen molar-refractivity contribution in [3.05, 3.63) is 59.7 Å². The summed E-state index contributed by atoms with van der Waals surface area (Å²) >= 11 is 1.49. The predicted octanol–water partition coefficient (Wildman–Crippen LogP) is 4.61. The smallest absolute Gasteiger partial charge is 0.230 e. The molecule has 166 valence electrons. The van der Waals surface area contributed by atoms with E-state index in [0.717, 1.165) is 39.4 Å². The molecule has 2 heterocycles. The van der Waals surface area contributed by atoms with E-state index in [1.54, 1.807) is 21.3 Å². The second-order valence-corrected chi connectivity index (χ2v) is 8.07. The molecule has 0 atom stereocenters. The number of anilines is 1. The zero-order chi connectivity index (χ0) is 22.5. The highest BCUT2D eigenvalue weighted by Gasteiger charge is 2.12. The van der Waals surface area contributed by atoms with Gasteiger partial charge < -0.3 is 24.1 Å². The van der Waals surface area contributed by atoms with Crippen LogP contribution in [0.25, 0.3) is 21.5 Å². The summed E-state index contributed by atoms with van der Waals surface area (Å²) < 4.78 is 17.9. The van der Waals surface area contributed by atoms with Gasteiger partial charge in [0, 0.05) is 47.4 Å². The quantitative estimate of drug-likeness (QED) is 0.402. The fourth-order valence-electron chi connectivity index (χ4n) is 3.52. The Balaban J connectivity index is 1.42. The number of hydrogen-bond acceptors (Lipinski definition) is 6. The van der Waals surface area contributed by atoms with Gasteiger partial charge in [0.05, 0.1) is 32.9 Å². The van der Waals surface area contributed by atoms with Crippen molar-refractivity contribution in [2.45, 2.75) is 13.0 Å². The van der Waals surface area contributed by atoms with E-state index >= 15 is 0 Å². The monoisotopic (exact) mass is 451 g/mol. The number of aromatic nitrogens is 2. The Labute approximate surface area is 190 Å². The molecule has 4 aromatic rings. The Bertz CT molecular complexity index is 1230. The normalized spacial score (nSPS) is 11.0. The van der Waals surface area contributed by atoms with E-state index in [9.17, 15) is 4.79 Å². The Hall–Kier alpha value is -3.36. The number of amides is 1. The van der Waals surface area contributed by atoms with Crippen LogP contribution in [0.3, 0.4) is 0 Å². The van der Waals surface area contributed by atoms with E-state index in [-0.39, 0.29) is 12.3 Å². The lowest BCUT2D eigenvalue weighted by Crippen LogP contribution is -2.14. The summed E-state index contributed by atoms with van der Waals surface area (Å²) in [5.74, 6) is 1.21. The zero-order valence-corrected chi connectivity index (χ0v) is 19.1. The molecule has 2 aromatic carbocycles. The maximum Gasteiger partial charge on any atom is 0.230 e. The molecule has 0 fully saturated rings. The molecule has 0 radical (unpaired) electrons. The Kier molecular flexibility index (Phi) is 6.72. The maximum absolute atomic E-state index is 12.6. The standard InChI is InChI=1S/C24H25N3O4S/c1-29-11-10-27-9-8-16-12-18(5-6-20(16)27)25-23(28)14-19-15-32-24(26-19)17-4-7-21(30-2)22(13-17)31-3/h4-9,12-13,15H,10-11,14H2,1-3H3,(H,25,28). The second-order valence-electron chi connectivity index (χ2n) is 7.21. The lowest BCUT2D eigenvalue weighted by atomic mass is 10.2. The molecule has 0 aliphatic heterocycles. The van der Waals surface area contributed by atoms with Gasteiger partial charge in [0.15, 0.2) is 11.5 Å². The van der Waals surface area contributed by atoms with Crippen LogP contribution in [0, 0.1) is 0 Å². The van der Waals surface area contributed by atoms with Crippen molar-refractivity contribution < 1.29 is 19.0 Å². The number of nitrogens with zero attached hydrogens (tertiary/aromatic N) is 2. The first-order valence-electron chi connectivity index (χ1n) is 10.2. The third-order valence-corrected chi connectivity index (χ3v) is 6.06. The highest BCUT2D eigenvalue weighted by molar-refractivity contribution is 7.13. The molecule has 2 aromatic heterocycles. The first kappa shape index (κ1) is 21.9. The van der Waals surface area contributed by atoms with Crippen molar-refractivity contribution in [3.8, 4) is 22.1 Å². The summed E-state index contributed by atoms with van der Waals surface area (Å²) in [6, 6.07) is 13.6. The number of nitrogens with one attached hydrogen (secondary N) is 1. The third-order valence-electron chi connectivity index (χ3n) is 5.11. The Morgan fingerprint density at radius 1 is 1.06 bits per heavy atom. The topological polar surface area (TPSA) is 74.6 Å². The lowest BCUT2D eigenvalue weighted by molar-refractivity contribution is -0.115. The minimum atomic E-state index is -0.104. The van der Waals surface area contributed by atoms with Gasteiger partial charge in [-0.25, -0.2) is 4.98 Å². The molecule has 0 aliphatic rings. The number of carbonyl (C=O) groups is 1. The van der Waals surface area contributed by atoms with Crippen molar-refractivity contribution in [2.75, 3.05) is 33.3 Å².